The molecule has 1 aliphatic heterocycles. The summed E-state index contributed by atoms with van der Waals surface area (Å²) in [6.45, 7) is 8.70. The van der Waals surface area contributed by atoms with Crippen LogP contribution in [0, 0.1) is 16.7 Å². The molecule has 20 heavy (non-hydrogen) atoms. The first kappa shape index (κ1) is 14.5. The summed E-state index contributed by atoms with van der Waals surface area (Å²) in [5, 5.41) is 11.2. The number of carbonyl (C=O) groups excluding carboxylic acids is 1. The van der Waals surface area contributed by atoms with Crippen LogP contribution < -0.4 is 0 Å². The summed E-state index contributed by atoms with van der Waals surface area (Å²) in [6.07, 6.45) is 5.64. The van der Waals surface area contributed by atoms with Gasteiger partial charge >= 0.3 is 0 Å². The topological polar surface area (TPSA) is 49.8 Å². The molecule has 2 saturated carbocycles. The Balaban J connectivity index is 1.76. The molecule has 1 N–H and O–H groups in total. The molecule has 3 rings (SSSR count). The summed E-state index contributed by atoms with van der Waals surface area (Å²) >= 11 is 0. The Kier molecular flexibility index (Phi) is 3.12. The van der Waals surface area contributed by atoms with Gasteiger partial charge in [0.2, 0.25) is 0 Å². The summed E-state index contributed by atoms with van der Waals surface area (Å²) in [4.78, 5) is 12.8. The van der Waals surface area contributed by atoms with Gasteiger partial charge in [0.15, 0.2) is 5.78 Å². The largest absolute Gasteiger partial charge is 0.381 e. The van der Waals surface area contributed by atoms with Crippen LogP contribution in [-0.2, 0) is 9.53 Å². The first-order valence-corrected chi connectivity index (χ1v) is 8.20. The average molecular weight is 280 g/mol. The van der Waals surface area contributed by atoms with E-state index in [0.29, 0.717) is 12.3 Å². The standard InChI is InChI=1S/C17H28O3/c1-5-6-7-12-13(20-12)14(18)17(19)10-11-8-9-16(17,4)15(11,2)3/h11-13,19H,5-10H2,1-4H3/t11-,12-,13+,16-,17+/m1/s1. The molecule has 3 aliphatic rings. The average Bonchev–Trinajstić information content (AvgIpc) is 3.10. The van der Waals surface area contributed by atoms with E-state index in [1.54, 1.807) is 0 Å². The van der Waals surface area contributed by atoms with Crippen molar-refractivity contribution in [3.05, 3.63) is 0 Å². The molecule has 0 aromatic heterocycles. The van der Waals surface area contributed by atoms with Gasteiger partial charge in [0, 0.05) is 5.41 Å². The van der Waals surface area contributed by atoms with E-state index in [-0.39, 0.29) is 28.8 Å². The summed E-state index contributed by atoms with van der Waals surface area (Å²) in [5.41, 5.74) is -1.40. The molecular weight excluding hydrogens is 252 g/mol. The highest BCUT2D eigenvalue weighted by Crippen LogP contribution is 2.70. The van der Waals surface area contributed by atoms with Crippen molar-refractivity contribution in [2.24, 2.45) is 16.7 Å². The highest BCUT2D eigenvalue weighted by atomic mass is 16.6. The molecular formula is C17H28O3. The number of hydrogen-bond donors (Lipinski definition) is 1. The van der Waals surface area contributed by atoms with Gasteiger partial charge < -0.3 is 9.84 Å². The summed E-state index contributed by atoms with van der Waals surface area (Å²) in [5.74, 6) is 0.436. The van der Waals surface area contributed by atoms with Gasteiger partial charge in [-0.05, 0) is 37.0 Å². The summed E-state index contributed by atoms with van der Waals surface area (Å²) < 4.78 is 5.57. The third kappa shape index (κ3) is 1.62. The maximum absolute atomic E-state index is 12.8. The number of ketones is 1. The second kappa shape index (κ2) is 4.30. The molecule has 0 radical (unpaired) electrons. The molecule has 1 saturated heterocycles. The molecule has 3 heteroatoms. The molecule has 0 unspecified atom stereocenters. The number of unbranched alkanes of at least 4 members (excludes halogenated alkanes) is 1. The van der Waals surface area contributed by atoms with Crippen molar-refractivity contribution in [2.75, 3.05) is 0 Å². The molecule has 1 heterocycles. The van der Waals surface area contributed by atoms with Gasteiger partial charge in [-0.3, -0.25) is 4.79 Å². The number of carbonyl (C=O) groups is 1. The van der Waals surface area contributed by atoms with E-state index < -0.39 is 5.60 Å². The lowest BCUT2D eigenvalue weighted by Crippen LogP contribution is -2.54. The highest BCUT2D eigenvalue weighted by molar-refractivity contribution is 5.95. The molecule has 114 valence electrons. The zero-order valence-electron chi connectivity index (χ0n) is 13.2. The molecule has 0 aromatic carbocycles. The third-order valence-electron chi connectivity index (χ3n) is 6.98. The lowest BCUT2D eigenvalue weighted by Gasteiger charge is -2.44. The molecule has 3 nitrogen and oxygen atoms in total. The molecule has 0 amide bonds. The fourth-order valence-electron chi connectivity index (χ4n) is 4.88. The van der Waals surface area contributed by atoms with Crippen LogP contribution in [0.2, 0.25) is 0 Å². The van der Waals surface area contributed by atoms with Gasteiger partial charge in [-0.25, -0.2) is 0 Å². The van der Waals surface area contributed by atoms with Crippen molar-refractivity contribution >= 4 is 5.78 Å². The highest BCUT2D eigenvalue weighted by Gasteiger charge is 2.73. The van der Waals surface area contributed by atoms with Crippen molar-refractivity contribution in [1.29, 1.82) is 0 Å². The van der Waals surface area contributed by atoms with Crippen LogP contribution in [0.15, 0.2) is 0 Å². The summed E-state index contributed by atoms with van der Waals surface area (Å²) in [6, 6.07) is 0. The van der Waals surface area contributed by atoms with Crippen LogP contribution in [0.1, 0.15) is 66.2 Å². The van der Waals surface area contributed by atoms with Crippen LogP contribution in [-0.4, -0.2) is 28.7 Å². The Morgan fingerprint density at radius 1 is 1.35 bits per heavy atom. The van der Waals surface area contributed by atoms with Crippen LogP contribution in [0.5, 0.6) is 0 Å². The first-order valence-electron chi connectivity index (χ1n) is 8.20. The van der Waals surface area contributed by atoms with Crippen molar-refractivity contribution in [3.63, 3.8) is 0 Å². The van der Waals surface area contributed by atoms with E-state index in [1.165, 1.54) is 0 Å². The monoisotopic (exact) mass is 280 g/mol. The number of aliphatic hydroxyl groups is 1. The number of hydrogen-bond acceptors (Lipinski definition) is 3. The van der Waals surface area contributed by atoms with E-state index in [2.05, 4.69) is 27.7 Å². The number of epoxide rings is 1. The molecule has 5 atom stereocenters. The van der Waals surface area contributed by atoms with Crippen molar-refractivity contribution in [1.82, 2.24) is 0 Å². The minimum atomic E-state index is -1.16. The van der Waals surface area contributed by atoms with E-state index in [1.807, 2.05) is 0 Å². The smallest absolute Gasteiger partial charge is 0.196 e. The zero-order valence-corrected chi connectivity index (χ0v) is 13.2. The number of ether oxygens (including phenoxy) is 1. The second-order valence-corrected chi connectivity index (χ2v) is 7.96. The van der Waals surface area contributed by atoms with Crippen LogP contribution in [0.3, 0.4) is 0 Å². The Hall–Kier alpha value is -0.410. The lowest BCUT2D eigenvalue weighted by atomic mass is 9.62. The minimum Gasteiger partial charge on any atom is -0.381 e. The Bertz CT molecular complexity index is 430. The van der Waals surface area contributed by atoms with Gasteiger partial charge in [0.05, 0.1) is 6.10 Å². The fraction of sp³-hybridized carbons (Fsp3) is 0.941. The molecule has 0 aromatic rings. The van der Waals surface area contributed by atoms with Crippen LogP contribution in [0.25, 0.3) is 0 Å². The number of fused-ring (bicyclic) bond motifs is 2. The van der Waals surface area contributed by atoms with E-state index in [0.717, 1.165) is 32.1 Å². The zero-order chi connectivity index (χ0) is 14.8. The van der Waals surface area contributed by atoms with E-state index in [9.17, 15) is 9.90 Å². The SMILES string of the molecule is CCCC[C@H]1O[C@@H]1C(=O)[C@@]1(O)C[C@H]2CC[C@]1(C)C2(C)C. The summed E-state index contributed by atoms with van der Waals surface area (Å²) in [7, 11) is 0. The Morgan fingerprint density at radius 3 is 2.55 bits per heavy atom. The van der Waals surface area contributed by atoms with Gasteiger partial charge in [0.25, 0.3) is 0 Å². The second-order valence-electron chi connectivity index (χ2n) is 7.96. The van der Waals surface area contributed by atoms with Crippen molar-refractivity contribution in [2.45, 2.75) is 84.0 Å². The molecule has 0 spiro atoms. The van der Waals surface area contributed by atoms with Crippen LogP contribution in [0.4, 0.5) is 0 Å². The Morgan fingerprint density at radius 2 is 2.05 bits per heavy atom. The van der Waals surface area contributed by atoms with Gasteiger partial charge in [-0.2, -0.15) is 0 Å². The van der Waals surface area contributed by atoms with E-state index >= 15 is 0 Å². The molecule has 3 fully saturated rings. The van der Waals surface area contributed by atoms with Crippen molar-refractivity contribution < 1.29 is 14.6 Å². The predicted molar refractivity (Wildman–Crippen MR) is 77.4 cm³/mol. The van der Waals surface area contributed by atoms with Crippen molar-refractivity contribution in [3.8, 4) is 0 Å². The maximum Gasteiger partial charge on any atom is 0.196 e. The third-order valence-corrected chi connectivity index (χ3v) is 6.98. The predicted octanol–water partition coefficient (Wildman–Crippen LogP) is 3.09. The maximum atomic E-state index is 12.8. The van der Waals surface area contributed by atoms with Gasteiger partial charge in [-0.15, -0.1) is 0 Å². The quantitative estimate of drug-likeness (QED) is 0.787. The molecule has 2 bridgehead atoms. The Labute approximate surface area is 122 Å². The first-order chi connectivity index (χ1) is 9.28. The fourth-order valence-corrected chi connectivity index (χ4v) is 4.88. The number of Topliss-reactive ketones (excluding diaryl/α,β-unsaturated/α-hetero) is 1. The van der Waals surface area contributed by atoms with Gasteiger partial charge in [0.1, 0.15) is 11.7 Å². The minimum absolute atomic E-state index is 0.0311. The van der Waals surface area contributed by atoms with Gasteiger partial charge in [-0.1, -0.05) is 40.5 Å². The number of rotatable bonds is 5. The van der Waals surface area contributed by atoms with Crippen LogP contribution >= 0.6 is 0 Å². The lowest BCUT2D eigenvalue weighted by molar-refractivity contribution is -0.156. The molecule has 2 aliphatic carbocycles. The van der Waals surface area contributed by atoms with E-state index in [4.69, 9.17) is 4.74 Å². The normalized spacial score (nSPS) is 48.5.